The Hall–Kier alpha value is -1.52. The fraction of sp³-hybridized carbons (Fsp3) is 0.286. The highest BCUT2D eigenvalue weighted by molar-refractivity contribution is 6.34. The maximum absolute atomic E-state index is 8.95. The largest absolute Gasteiger partial charge is 0.707 e. The Morgan fingerprint density at radius 1 is 1.00 bits per heavy atom. The van der Waals surface area contributed by atoms with Crippen molar-refractivity contribution in [2.45, 2.75) is 26.7 Å². The van der Waals surface area contributed by atoms with E-state index in [9.17, 15) is 0 Å². The molecule has 18 heavy (non-hydrogen) atoms. The average Bonchev–Trinajstić information content (AvgIpc) is 2.38. The summed E-state index contributed by atoms with van der Waals surface area (Å²) < 4.78 is 5.04. The molecule has 0 fully saturated rings. The van der Waals surface area contributed by atoms with Crippen LogP contribution < -0.4 is 4.65 Å². The van der Waals surface area contributed by atoms with Crippen LogP contribution in [0.3, 0.4) is 0 Å². The van der Waals surface area contributed by atoms with Gasteiger partial charge in [0.05, 0.1) is 0 Å². The number of fused-ring (bicyclic) bond motifs is 1. The van der Waals surface area contributed by atoms with E-state index in [1.807, 2.05) is 18.2 Å². The molecule has 0 bridgehead atoms. The number of hydrogen-bond acceptors (Lipinski definition) is 3. The summed E-state index contributed by atoms with van der Waals surface area (Å²) >= 11 is 0. The normalized spacial score (nSPS) is 10.7. The van der Waals surface area contributed by atoms with Gasteiger partial charge < -0.3 is 14.7 Å². The van der Waals surface area contributed by atoms with Crippen molar-refractivity contribution in [1.29, 1.82) is 0 Å². The second-order valence-electron chi connectivity index (χ2n) is 4.21. The van der Waals surface area contributed by atoms with E-state index >= 15 is 0 Å². The van der Waals surface area contributed by atoms with Crippen LogP contribution in [0.1, 0.15) is 25.0 Å². The molecule has 0 saturated heterocycles. The van der Waals surface area contributed by atoms with Gasteiger partial charge in [0.15, 0.2) is 0 Å². The summed E-state index contributed by atoms with van der Waals surface area (Å²) in [6, 6.07) is 9.79. The predicted molar refractivity (Wildman–Crippen MR) is 73.5 cm³/mol. The van der Waals surface area contributed by atoms with Crippen molar-refractivity contribution in [2.75, 3.05) is 0 Å². The van der Waals surface area contributed by atoms with Gasteiger partial charge in [0.25, 0.3) is 0 Å². The molecule has 4 heteroatoms. The zero-order valence-electron chi connectivity index (χ0n) is 10.7. The molecule has 0 unspecified atom stereocenters. The van der Waals surface area contributed by atoms with Crippen LogP contribution in [0.2, 0.25) is 0 Å². The number of aryl methyl sites for hydroxylation is 2. The topological polar surface area (TPSA) is 49.7 Å². The molecule has 0 aliphatic carbocycles. The maximum atomic E-state index is 8.95. The predicted octanol–water partition coefficient (Wildman–Crippen LogP) is 2.31. The van der Waals surface area contributed by atoms with Crippen molar-refractivity contribution in [2.24, 2.45) is 0 Å². The zero-order valence-corrected chi connectivity index (χ0v) is 10.7. The van der Waals surface area contributed by atoms with Crippen LogP contribution >= 0.6 is 0 Å². The summed E-state index contributed by atoms with van der Waals surface area (Å²) in [5.41, 5.74) is 2.50. The van der Waals surface area contributed by atoms with Gasteiger partial charge in [-0.1, -0.05) is 38.1 Å². The average molecular weight is 244 g/mol. The monoisotopic (exact) mass is 244 g/mol. The molecular weight excluding hydrogens is 227 g/mol. The molecule has 3 nitrogen and oxygen atoms in total. The lowest BCUT2D eigenvalue weighted by atomic mass is 9.95. The summed E-state index contributed by atoms with van der Waals surface area (Å²) in [6.45, 7) is 4.23. The molecule has 0 radical (unpaired) electrons. The lowest BCUT2D eigenvalue weighted by Crippen LogP contribution is -2.20. The Morgan fingerprint density at radius 3 is 2.28 bits per heavy atom. The third-order valence-corrected chi connectivity index (χ3v) is 3.17. The first kappa shape index (κ1) is 12.9. The Balaban J connectivity index is 2.70. The summed E-state index contributed by atoms with van der Waals surface area (Å²) in [5, 5.41) is 20.0. The van der Waals surface area contributed by atoms with Gasteiger partial charge in [-0.25, -0.2) is 0 Å². The van der Waals surface area contributed by atoms with Crippen molar-refractivity contribution in [3.63, 3.8) is 0 Å². The van der Waals surface area contributed by atoms with E-state index in [4.69, 9.17) is 14.7 Å². The molecule has 0 aliphatic heterocycles. The van der Waals surface area contributed by atoms with Crippen molar-refractivity contribution in [3.8, 4) is 5.75 Å². The summed E-state index contributed by atoms with van der Waals surface area (Å²) in [5.74, 6) is 0.507. The van der Waals surface area contributed by atoms with E-state index in [1.54, 1.807) is 6.07 Å². The number of hydrogen-bond donors (Lipinski definition) is 2. The van der Waals surface area contributed by atoms with Gasteiger partial charge in [0.1, 0.15) is 5.75 Å². The molecule has 2 aromatic carbocycles. The Labute approximate surface area is 107 Å². The van der Waals surface area contributed by atoms with Gasteiger partial charge in [0.2, 0.25) is 0 Å². The highest BCUT2D eigenvalue weighted by Gasteiger charge is 2.15. The van der Waals surface area contributed by atoms with Crippen LogP contribution in [0.4, 0.5) is 0 Å². The van der Waals surface area contributed by atoms with Crippen molar-refractivity contribution < 1.29 is 14.7 Å². The second kappa shape index (κ2) is 5.42. The first-order valence-electron chi connectivity index (χ1n) is 6.23. The first-order valence-corrected chi connectivity index (χ1v) is 6.23. The SMILES string of the molecule is CCc1cccc2c(OB(O)O)ccc(CC)c12. The maximum Gasteiger partial charge on any atom is 0.707 e. The van der Waals surface area contributed by atoms with Crippen molar-refractivity contribution in [1.82, 2.24) is 0 Å². The molecule has 0 aliphatic rings. The number of rotatable bonds is 4. The lowest BCUT2D eigenvalue weighted by Gasteiger charge is -2.14. The summed E-state index contributed by atoms with van der Waals surface area (Å²) in [6.07, 6.45) is 1.88. The third-order valence-electron chi connectivity index (χ3n) is 3.17. The van der Waals surface area contributed by atoms with E-state index in [0.717, 1.165) is 18.2 Å². The quantitative estimate of drug-likeness (QED) is 0.811. The molecule has 0 saturated carbocycles. The van der Waals surface area contributed by atoms with Gasteiger partial charge in [-0.15, -0.1) is 0 Å². The third kappa shape index (κ3) is 2.35. The lowest BCUT2D eigenvalue weighted by molar-refractivity contribution is 0.289. The first-order chi connectivity index (χ1) is 8.67. The molecule has 94 valence electrons. The van der Waals surface area contributed by atoms with E-state index in [2.05, 4.69) is 19.9 Å². The minimum atomic E-state index is -1.79. The summed E-state index contributed by atoms with van der Waals surface area (Å²) in [7, 11) is -1.79. The fourth-order valence-electron chi connectivity index (χ4n) is 2.34. The van der Waals surface area contributed by atoms with Gasteiger partial charge in [0, 0.05) is 5.39 Å². The fourth-order valence-corrected chi connectivity index (χ4v) is 2.34. The van der Waals surface area contributed by atoms with Gasteiger partial charge in [-0.05, 0) is 35.4 Å². The van der Waals surface area contributed by atoms with Crippen molar-refractivity contribution in [3.05, 3.63) is 41.5 Å². The van der Waals surface area contributed by atoms with E-state index in [-0.39, 0.29) is 0 Å². The van der Waals surface area contributed by atoms with E-state index in [0.29, 0.717) is 5.75 Å². The molecule has 2 rings (SSSR count). The zero-order chi connectivity index (χ0) is 13.1. The molecule has 0 atom stereocenters. The molecule has 0 aromatic heterocycles. The molecule has 0 spiro atoms. The number of benzene rings is 2. The molecule has 0 amide bonds. The van der Waals surface area contributed by atoms with Crippen molar-refractivity contribution >= 4 is 18.1 Å². The van der Waals surface area contributed by atoms with Crippen LogP contribution in [-0.4, -0.2) is 17.4 Å². The standard InChI is InChI=1S/C14H17BO3/c1-3-10-6-5-7-12-13(18-15(16)17)9-8-11(4-2)14(10)12/h5-9,16-17H,3-4H2,1-2H3. The van der Waals surface area contributed by atoms with Crippen LogP contribution in [0, 0.1) is 0 Å². The van der Waals surface area contributed by atoms with E-state index in [1.165, 1.54) is 16.5 Å². The molecule has 2 aromatic rings. The molecular formula is C14H17BO3. The van der Waals surface area contributed by atoms with E-state index < -0.39 is 7.32 Å². The second-order valence-corrected chi connectivity index (χ2v) is 4.21. The highest BCUT2D eigenvalue weighted by Crippen LogP contribution is 2.32. The smallest absolute Gasteiger partial charge is 0.512 e. The highest BCUT2D eigenvalue weighted by atomic mass is 16.6. The van der Waals surface area contributed by atoms with Crippen LogP contribution in [0.5, 0.6) is 5.75 Å². The Bertz CT molecular complexity index is 542. The van der Waals surface area contributed by atoms with Gasteiger partial charge in [-0.2, -0.15) is 0 Å². The minimum absolute atomic E-state index is 0.507. The molecule has 0 heterocycles. The Kier molecular flexibility index (Phi) is 3.89. The summed E-state index contributed by atoms with van der Waals surface area (Å²) in [4.78, 5) is 0. The Morgan fingerprint density at radius 2 is 1.67 bits per heavy atom. The minimum Gasteiger partial charge on any atom is -0.512 e. The van der Waals surface area contributed by atoms with Crippen LogP contribution in [0.25, 0.3) is 10.8 Å². The molecule has 2 N–H and O–H groups in total. The van der Waals surface area contributed by atoms with Gasteiger partial charge >= 0.3 is 7.32 Å². The van der Waals surface area contributed by atoms with Gasteiger partial charge in [-0.3, -0.25) is 0 Å². The van der Waals surface area contributed by atoms with Crippen LogP contribution in [-0.2, 0) is 12.8 Å². The van der Waals surface area contributed by atoms with Crippen LogP contribution in [0.15, 0.2) is 30.3 Å².